The Labute approximate surface area is 329 Å². The third kappa shape index (κ3) is 12.0. The number of allylic oxidation sites excluding steroid dienone is 4. The van der Waals surface area contributed by atoms with Crippen molar-refractivity contribution in [1.82, 2.24) is 4.98 Å². The Morgan fingerprint density at radius 2 is 0.982 bits per heavy atom. The van der Waals surface area contributed by atoms with Gasteiger partial charge in [-0.2, -0.15) is 0 Å². The molecule has 282 valence electrons. The lowest BCUT2D eigenvalue weighted by Crippen LogP contribution is -2.04. The first-order valence-corrected chi connectivity index (χ1v) is 19.3. The van der Waals surface area contributed by atoms with Crippen LogP contribution in [-0.4, -0.2) is 4.98 Å². The van der Waals surface area contributed by atoms with Crippen LogP contribution in [0.3, 0.4) is 0 Å². The lowest BCUT2D eigenvalue weighted by Gasteiger charge is -2.09. The van der Waals surface area contributed by atoms with Crippen LogP contribution in [-0.2, 0) is 0 Å². The fourth-order valence-electron chi connectivity index (χ4n) is 5.91. The second-order valence-electron chi connectivity index (χ2n) is 11.7. The van der Waals surface area contributed by atoms with E-state index in [4.69, 9.17) is 27.6 Å². The molecule has 2 heterocycles. The topological polar surface area (TPSA) is 115 Å². The fourth-order valence-corrected chi connectivity index (χ4v) is 5.91. The molecule has 1 aliphatic carbocycles. The molecule has 0 atom stereocenters. The van der Waals surface area contributed by atoms with E-state index >= 15 is 0 Å². The van der Waals surface area contributed by atoms with Crippen LogP contribution in [0.2, 0.25) is 0 Å². The lowest BCUT2D eigenvalue weighted by atomic mass is 9.96. The molecule has 1 aliphatic heterocycles. The Morgan fingerprint density at radius 3 is 1.56 bits per heavy atom. The van der Waals surface area contributed by atoms with Gasteiger partial charge in [-0.05, 0) is 83.2 Å². The molecule has 7 N–H and O–H groups in total. The largest absolute Gasteiger partial charge is 0.399 e. The van der Waals surface area contributed by atoms with E-state index in [1.165, 1.54) is 5.57 Å². The molecule has 3 aromatic carbocycles. The number of rotatable bonds is 4. The average molecular weight is 728 g/mol. The number of hydrogen-bond acceptors (Lipinski definition) is 5. The first-order valence-electron chi connectivity index (χ1n) is 19.3. The lowest BCUT2D eigenvalue weighted by molar-refractivity contribution is 1.05. The van der Waals surface area contributed by atoms with E-state index in [0.717, 1.165) is 57.6 Å². The monoisotopic (exact) mass is 727 g/mol. The zero-order chi connectivity index (χ0) is 40.0. The molecule has 0 radical (unpaired) electrons. The summed E-state index contributed by atoms with van der Waals surface area (Å²) in [6.07, 6.45) is 12.3. The fraction of sp³-hybridized carbons (Fsp3) is 0.160. The van der Waals surface area contributed by atoms with E-state index in [-0.39, 0.29) is 5.36 Å². The van der Waals surface area contributed by atoms with Crippen molar-refractivity contribution in [2.75, 3.05) is 17.2 Å². The standard InChI is InChI=1S/C44H39N5.3C2H6/c45-36-27-25-35(26-28-36)43-38(46)22-10-19-32(31-13-4-1-5-14-31)20-11-23-40(48)44(34-17-8-3-9-18-34)42-30-29-41(49-42)37(21-12-24-39(43)47)33-15-6-2-7-16-33;3*1-2/h1-6,8-15,17-30,46H,7,16,45,47-48H2;3*1-2H3. The van der Waals surface area contributed by atoms with Gasteiger partial charge in [0.1, 0.15) is 0 Å². The van der Waals surface area contributed by atoms with Crippen molar-refractivity contribution in [1.29, 1.82) is 5.41 Å². The van der Waals surface area contributed by atoms with E-state index in [1.54, 1.807) is 6.07 Å². The normalized spacial score (nSPS) is 11.2. The number of nitrogens with one attached hydrogen (secondary N) is 1. The molecule has 6 rings (SSSR count). The molecule has 4 aromatic rings. The van der Waals surface area contributed by atoms with E-state index in [9.17, 15) is 0 Å². The molecule has 0 unspecified atom stereocenters. The van der Waals surface area contributed by atoms with Crippen LogP contribution in [0, 0.1) is 5.41 Å². The second kappa shape index (κ2) is 23.3. The van der Waals surface area contributed by atoms with Crippen LogP contribution in [0.5, 0.6) is 0 Å². The molecular weight excluding hydrogens is 671 g/mol. The molecule has 1 aromatic heterocycles. The molecule has 5 nitrogen and oxygen atoms in total. The molecule has 0 saturated heterocycles. The van der Waals surface area contributed by atoms with Crippen LogP contribution in [0.4, 0.5) is 17.1 Å². The van der Waals surface area contributed by atoms with Crippen LogP contribution in [0.25, 0.3) is 51.1 Å². The number of anilines is 3. The van der Waals surface area contributed by atoms with Crippen molar-refractivity contribution in [2.24, 2.45) is 0 Å². The summed E-state index contributed by atoms with van der Waals surface area (Å²) >= 11 is 0. The average Bonchev–Trinajstić information content (AvgIpc) is 3.72. The highest BCUT2D eigenvalue weighted by atomic mass is 14.7. The van der Waals surface area contributed by atoms with Crippen molar-refractivity contribution in [3.8, 4) is 33.4 Å². The van der Waals surface area contributed by atoms with Gasteiger partial charge in [0.05, 0.1) is 16.7 Å². The summed E-state index contributed by atoms with van der Waals surface area (Å²) in [5.41, 5.74) is 30.4. The molecule has 0 fully saturated rings. The van der Waals surface area contributed by atoms with Crippen LogP contribution < -0.4 is 22.6 Å². The predicted molar refractivity (Wildman–Crippen MR) is 242 cm³/mol. The summed E-state index contributed by atoms with van der Waals surface area (Å²) in [6.45, 7) is 12.0. The SMILES string of the molecule is CC.CC.CC.N=c1cccc(-c2ccccc2)cccc(N)c(-c2ccccc2)c2nc(c(C3=CC=CCC3)cccc(N)c1-c1ccc(N)cc1)C=C2. The Balaban J connectivity index is 0.00000129. The van der Waals surface area contributed by atoms with Crippen molar-refractivity contribution in [3.05, 3.63) is 180 Å². The van der Waals surface area contributed by atoms with Crippen molar-refractivity contribution in [2.45, 2.75) is 54.4 Å². The molecule has 5 heteroatoms. The third-order valence-corrected chi connectivity index (χ3v) is 8.38. The molecular formula is C50H57N5. The first kappa shape index (κ1) is 42.9. The second-order valence-corrected chi connectivity index (χ2v) is 11.7. The van der Waals surface area contributed by atoms with Gasteiger partial charge in [0.2, 0.25) is 0 Å². The molecule has 0 spiro atoms. The molecule has 2 aliphatic rings. The van der Waals surface area contributed by atoms with E-state index in [0.29, 0.717) is 22.6 Å². The van der Waals surface area contributed by atoms with Crippen LogP contribution in [0.15, 0.2) is 158 Å². The summed E-state index contributed by atoms with van der Waals surface area (Å²) in [7, 11) is 0. The Bertz CT molecular complexity index is 2200. The maximum Gasteiger partial charge on any atom is 0.0737 e. The smallest absolute Gasteiger partial charge is 0.0737 e. The van der Waals surface area contributed by atoms with Crippen LogP contribution >= 0.6 is 0 Å². The molecule has 0 amide bonds. The van der Waals surface area contributed by atoms with E-state index in [1.807, 2.05) is 157 Å². The zero-order valence-electron chi connectivity index (χ0n) is 33.3. The number of nitrogen functional groups attached to an aromatic ring is 3. The van der Waals surface area contributed by atoms with Crippen molar-refractivity contribution >= 4 is 34.8 Å². The molecule has 2 bridgehead atoms. The quantitative estimate of drug-likeness (QED) is 0.138. The number of nitrogens with zero attached hydrogens (tertiary/aromatic N) is 1. The number of nitrogens with two attached hydrogens (primary N) is 3. The number of hydrogen-bond donors (Lipinski definition) is 4. The minimum absolute atomic E-state index is 0.274. The van der Waals surface area contributed by atoms with Gasteiger partial charge in [-0.1, -0.05) is 169 Å². The first-order chi connectivity index (χ1) is 27.0. The Hall–Kier alpha value is -6.46. The summed E-state index contributed by atoms with van der Waals surface area (Å²) in [6, 6.07) is 45.0. The van der Waals surface area contributed by atoms with E-state index in [2.05, 4.69) is 48.6 Å². The highest BCUT2D eigenvalue weighted by Crippen LogP contribution is 2.33. The highest BCUT2D eigenvalue weighted by Gasteiger charge is 2.14. The van der Waals surface area contributed by atoms with Gasteiger partial charge < -0.3 is 22.6 Å². The van der Waals surface area contributed by atoms with Gasteiger partial charge >= 0.3 is 0 Å². The Kier molecular flexibility index (Phi) is 18.2. The number of fused-ring (bicyclic) bond motifs is 2. The third-order valence-electron chi connectivity index (χ3n) is 8.38. The van der Waals surface area contributed by atoms with Gasteiger partial charge in [0.15, 0.2) is 0 Å². The zero-order valence-corrected chi connectivity index (χ0v) is 33.3. The predicted octanol–water partition coefficient (Wildman–Crippen LogP) is 13.0. The maximum atomic E-state index is 9.11. The molecule has 55 heavy (non-hydrogen) atoms. The summed E-state index contributed by atoms with van der Waals surface area (Å²) in [5, 5.41) is 9.38. The minimum atomic E-state index is 0.274. The minimum Gasteiger partial charge on any atom is -0.399 e. The van der Waals surface area contributed by atoms with Gasteiger partial charge in [0, 0.05) is 33.8 Å². The summed E-state index contributed by atoms with van der Waals surface area (Å²) in [4.78, 5) is 5.16. The maximum absolute atomic E-state index is 9.11. The van der Waals surface area contributed by atoms with Gasteiger partial charge in [0.25, 0.3) is 0 Å². The van der Waals surface area contributed by atoms with Crippen molar-refractivity contribution in [3.63, 3.8) is 0 Å². The Morgan fingerprint density at radius 1 is 0.491 bits per heavy atom. The molecule has 0 saturated carbocycles. The highest BCUT2D eigenvalue weighted by molar-refractivity contribution is 5.89. The van der Waals surface area contributed by atoms with Gasteiger partial charge in [-0.25, -0.2) is 4.98 Å². The van der Waals surface area contributed by atoms with Gasteiger partial charge in [-0.3, -0.25) is 0 Å². The summed E-state index contributed by atoms with van der Waals surface area (Å²) in [5.74, 6) is 0. The van der Waals surface area contributed by atoms with Crippen LogP contribution in [0.1, 0.15) is 71.3 Å². The van der Waals surface area contributed by atoms with E-state index < -0.39 is 0 Å². The number of aromatic nitrogens is 1. The van der Waals surface area contributed by atoms with Crippen molar-refractivity contribution < 1.29 is 0 Å². The summed E-state index contributed by atoms with van der Waals surface area (Å²) < 4.78 is 0. The van der Waals surface area contributed by atoms with Gasteiger partial charge in [-0.15, -0.1) is 0 Å². The number of benzene rings is 3.